The van der Waals surface area contributed by atoms with Gasteiger partial charge in [0, 0.05) is 31.2 Å². The second-order valence-electron chi connectivity index (χ2n) is 4.74. The minimum atomic E-state index is -0.113. The summed E-state index contributed by atoms with van der Waals surface area (Å²) < 4.78 is 5.31. The number of rotatable bonds is 3. The van der Waals surface area contributed by atoms with Gasteiger partial charge >= 0.3 is 0 Å². The Kier molecular flexibility index (Phi) is 4.49. The van der Waals surface area contributed by atoms with Crippen molar-refractivity contribution in [2.75, 3.05) is 33.3 Å². The second-order valence-corrected chi connectivity index (χ2v) is 5.17. The number of ether oxygens (including phenoxy) is 1. The summed E-state index contributed by atoms with van der Waals surface area (Å²) in [5.41, 5.74) is 1.30. The Morgan fingerprint density at radius 1 is 1.30 bits per heavy atom. The minimum absolute atomic E-state index is 0.113. The Morgan fingerprint density at radius 3 is 2.50 bits per heavy atom. The van der Waals surface area contributed by atoms with Gasteiger partial charge in [-0.15, -0.1) is 0 Å². The molecule has 0 aromatic heterocycles. The molecule has 1 aliphatic rings. The van der Waals surface area contributed by atoms with Gasteiger partial charge in [-0.2, -0.15) is 0 Å². The van der Waals surface area contributed by atoms with Crippen molar-refractivity contribution in [2.45, 2.75) is 6.92 Å². The highest BCUT2D eigenvalue weighted by molar-refractivity contribution is 6.31. The maximum atomic E-state index is 12.6. The molecule has 5 nitrogen and oxygen atoms in total. The highest BCUT2D eigenvalue weighted by Crippen LogP contribution is 2.28. The van der Waals surface area contributed by atoms with Crippen molar-refractivity contribution in [3.63, 3.8) is 0 Å². The number of piperazine rings is 1. The highest BCUT2D eigenvalue weighted by Gasteiger charge is 2.24. The Balaban J connectivity index is 2.23. The van der Waals surface area contributed by atoms with Crippen LogP contribution in [-0.2, 0) is 4.79 Å². The molecule has 1 heterocycles. The summed E-state index contributed by atoms with van der Waals surface area (Å²) in [4.78, 5) is 26.6. The summed E-state index contributed by atoms with van der Waals surface area (Å²) in [6.07, 6.45) is 0.811. The van der Waals surface area contributed by atoms with Crippen molar-refractivity contribution in [1.82, 2.24) is 9.80 Å². The summed E-state index contributed by atoms with van der Waals surface area (Å²) in [7, 11) is 1.54. The topological polar surface area (TPSA) is 49.9 Å². The van der Waals surface area contributed by atoms with Crippen LogP contribution in [-0.4, -0.2) is 55.4 Å². The number of halogens is 1. The molecule has 6 heteroatoms. The summed E-state index contributed by atoms with van der Waals surface area (Å²) in [5, 5.41) is 0.512. The first kappa shape index (κ1) is 14.7. The van der Waals surface area contributed by atoms with Gasteiger partial charge < -0.3 is 14.5 Å². The third kappa shape index (κ3) is 2.88. The molecular weight excluding hydrogens is 280 g/mol. The number of aryl methyl sites for hydroxylation is 1. The third-order valence-electron chi connectivity index (χ3n) is 3.42. The van der Waals surface area contributed by atoms with Crippen molar-refractivity contribution >= 4 is 23.9 Å². The van der Waals surface area contributed by atoms with E-state index < -0.39 is 0 Å². The zero-order valence-electron chi connectivity index (χ0n) is 11.6. The van der Waals surface area contributed by atoms with E-state index >= 15 is 0 Å². The van der Waals surface area contributed by atoms with Crippen LogP contribution in [0.4, 0.5) is 0 Å². The molecule has 1 saturated heterocycles. The average Bonchev–Trinajstić information content (AvgIpc) is 2.46. The van der Waals surface area contributed by atoms with Gasteiger partial charge in [0.25, 0.3) is 5.91 Å². The fourth-order valence-electron chi connectivity index (χ4n) is 2.36. The molecule has 2 amide bonds. The van der Waals surface area contributed by atoms with Crippen LogP contribution in [0.25, 0.3) is 0 Å². The van der Waals surface area contributed by atoms with E-state index in [-0.39, 0.29) is 5.91 Å². The zero-order valence-corrected chi connectivity index (χ0v) is 12.3. The summed E-state index contributed by atoms with van der Waals surface area (Å²) in [6.45, 7) is 4.00. The van der Waals surface area contributed by atoms with Gasteiger partial charge in [0.05, 0.1) is 12.7 Å². The van der Waals surface area contributed by atoms with Gasteiger partial charge in [0.1, 0.15) is 5.75 Å². The predicted octanol–water partition coefficient (Wildman–Crippen LogP) is 1.57. The maximum absolute atomic E-state index is 12.6. The van der Waals surface area contributed by atoms with Crippen molar-refractivity contribution in [3.05, 3.63) is 28.3 Å². The van der Waals surface area contributed by atoms with E-state index in [2.05, 4.69) is 0 Å². The van der Waals surface area contributed by atoms with Crippen LogP contribution in [0, 0.1) is 6.92 Å². The van der Waals surface area contributed by atoms with Crippen molar-refractivity contribution in [1.29, 1.82) is 0 Å². The Hall–Kier alpha value is -1.75. The summed E-state index contributed by atoms with van der Waals surface area (Å²) in [5.74, 6) is 0.440. The molecule has 0 saturated carbocycles. The Morgan fingerprint density at radius 2 is 1.95 bits per heavy atom. The largest absolute Gasteiger partial charge is 0.496 e. The monoisotopic (exact) mass is 296 g/mol. The highest BCUT2D eigenvalue weighted by atomic mass is 35.5. The molecular formula is C14H17ClN2O3. The van der Waals surface area contributed by atoms with Gasteiger partial charge in [-0.25, -0.2) is 0 Å². The fraction of sp³-hybridized carbons (Fsp3) is 0.429. The lowest BCUT2D eigenvalue weighted by Gasteiger charge is -2.33. The molecule has 108 valence electrons. The molecule has 20 heavy (non-hydrogen) atoms. The second kappa shape index (κ2) is 6.13. The number of nitrogens with zero attached hydrogens (tertiary/aromatic N) is 2. The standard InChI is InChI=1S/C14H17ClN2O3/c1-10-7-11(15)8-12(13(10)20-2)14(19)17-5-3-16(9-18)4-6-17/h7-9H,3-6H2,1-2H3. The molecule has 0 bridgehead atoms. The Labute approximate surface area is 123 Å². The molecule has 0 unspecified atom stereocenters. The van der Waals surface area contributed by atoms with Crippen LogP contribution in [0.15, 0.2) is 12.1 Å². The molecule has 0 N–H and O–H groups in total. The van der Waals surface area contributed by atoms with Gasteiger partial charge in [-0.3, -0.25) is 9.59 Å². The van der Waals surface area contributed by atoms with E-state index in [1.807, 2.05) is 6.92 Å². The smallest absolute Gasteiger partial charge is 0.257 e. The average molecular weight is 297 g/mol. The molecule has 1 fully saturated rings. The molecule has 0 aliphatic carbocycles. The molecule has 0 radical (unpaired) electrons. The summed E-state index contributed by atoms with van der Waals surface area (Å²) >= 11 is 6.03. The van der Waals surface area contributed by atoms with E-state index in [1.54, 1.807) is 21.9 Å². The van der Waals surface area contributed by atoms with Gasteiger partial charge in [0.15, 0.2) is 0 Å². The maximum Gasteiger partial charge on any atom is 0.257 e. The zero-order chi connectivity index (χ0) is 14.7. The summed E-state index contributed by atoms with van der Waals surface area (Å²) in [6, 6.07) is 3.39. The van der Waals surface area contributed by atoms with Crippen molar-refractivity contribution in [3.8, 4) is 5.75 Å². The number of benzene rings is 1. The van der Waals surface area contributed by atoms with E-state index in [9.17, 15) is 9.59 Å². The normalized spacial score (nSPS) is 15.2. The van der Waals surface area contributed by atoms with Crippen LogP contribution in [0.3, 0.4) is 0 Å². The van der Waals surface area contributed by atoms with E-state index in [1.165, 1.54) is 7.11 Å². The van der Waals surface area contributed by atoms with Crippen LogP contribution >= 0.6 is 11.6 Å². The van der Waals surface area contributed by atoms with E-state index in [0.717, 1.165) is 12.0 Å². The van der Waals surface area contributed by atoms with Crippen LogP contribution in [0.2, 0.25) is 5.02 Å². The van der Waals surface area contributed by atoms with Gasteiger partial charge in [0.2, 0.25) is 6.41 Å². The number of carbonyl (C=O) groups is 2. The first-order valence-electron chi connectivity index (χ1n) is 6.39. The molecule has 0 atom stereocenters. The molecule has 1 aromatic rings. The van der Waals surface area contributed by atoms with Crippen LogP contribution < -0.4 is 4.74 Å². The van der Waals surface area contributed by atoms with Gasteiger partial charge in [-0.1, -0.05) is 11.6 Å². The lowest BCUT2D eigenvalue weighted by molar-refractivity contribution is -0.119. The number of methoxy groups -OCH3 is 1. The Bertz CT molecular complexity index is 525. The van der Waals surface area contributed by atoms with Gasteiger partial charge in [-0.05, 0) is 24.6 Å². The number of amides is 2. The van der Waals surface area contributed by atoms with E-state index in [4.69, 9.17) is 16.3 Å². The van der Waals surface area contributed by atoms with Crippen LogP contribution in [0.5, 0.6) is 5.75 Å². The quantitative estimate of drug-likeness (QED) is 0.796. The molecule has 2 rings (SSSR count). The first-order valence-corrected chi connectivity index (χ1v) is 6.77. The molecule has 1 aliphatic heterocycles. The number of hydrogen-bond donors (Lipinski definition) is 0. The molecule has 0 spiro atoms. The lowest BCUT2D eigenvalue weighted by atomic mass is 10.1. The van der Waals surface area contributed by atoms with Crippen molar-refractivity contribution in [2.24, 2.45) is 0 Å². The van der Waals surface area contributed by atoms with E-state index in [0.29, 0.717) is 42.5 Å². The van der Waals surface area contributed by atoms with Crippen LogP contribution in [0.1, 0.15) is 15.9 Å². The minimum Gasteiger partial charge on any atom is -0.496 e. The van der Waals surface area contributed by atoms with Crippen molar-refractivity contribution < 1.29 is 14.3 Å². The lowest BCUT2D eigenvalue weighted by Crippen LogP contribution is -2.48. The third-order valence-corrected chi connectivity index (χ3v) is 3.64. The number of carbonyl (C=O) groups excluding carboxylic acids is 2. The first-order chi connectivity index (χ1) is 9.56. The molecule has 1 aromatic carbocycles. The number of hydrogen-bond acceptors (Lipinski definition) is 3. The fourth-order valence-corrected chi connectivity index (χ4v) is 2.63. The SMILES string of the molecule is COc1c(C)cc(Cl)cc1C(=O)N1CCN(C=O)CC1. The predicted molar refractivity (Wildman–Crippen MR) is 76.3 cm³/mol.